The molecule has 0 fully saturated rings. The number of hydrogen-bond acceptors (Lipinski definition) is 2. The van der Waals surface area contributed by atoms with Crippen molar-refractivity contribution in [3.05, 3.63) is 65.5 Å². The van der Waals surface area contributed by atoms with E-state index in [0.717, 1.165) is 12.1 Å². The van der Waals surface area contributed by atoms with Crippen molar-refractivity contribution in [3.63, 3.8) is 0 Å². The van der Waals surface area contributed by atoms with Crippen LogP contribution in [0.5, 0.6) is 0 Å². The van der Waals surface area contributed by atoms with Gasteiger partial charge >= 0.3 is 6.18 Å². The SMILES string of the molecule is CC(=O)c1ccc(-c2cc(C(C)=O)n3ccc(C(F)(F)F)cc23)cc1. The van der Waals surface area contributed by atoms with E-state index in [1.54, 1.807) is 30.3 Å². The Morgan fingerprint density at radius 1 is 0.920 bits per heavy atom. The minimum Gasteiger partial charge on any atom is -0.313 e. The summed E-state index contributed by atoms with van der Waals surface area (Å²) in [6.45, 7) is 2.80. The number of fused-ring (bicyclic) bond motifs is 1. The van der Waals surface area contributed by atoms with Crippen LogP contribution in [0.2, 0.25) is 0 Å². The molecule has 3 nitrogen and oxygen atoms in total. The average Bonchev–Trinajstić information content (AvgIpc) is 2.93. The smallest absolute Gasteiger partial charge is 0.313 e. The van der Waals surface area contributed by atoms with Crippen LogP contribution in [0.3, 0.4) is 0 Å². The van der Waals surface area contributed by atoms with Crippen LogP contribution in [-0.2, 0) is 6.18 Å². The molecule has 128 valence electrons. The fourth-order valence-electron chi connectivity index (χ4n) is 2.76. The molecule has 0 bridgehead atoms. The number of carbonyl (C=O) groups excluding carboxylic acids is 2. The quantitative estimate of drug-likeness (QED) is 0.625. The second kappa shape index (κ2) is 5.88. The number of Topliss-reactive ketones (excluding diaryl/α,β-unsaturated/α-hetero) is 2. The van der Waals surface area contributed by atoms with Crippen molar-refractivity contribution >= 4 is 17.1 Å². The van der Waals surface area contributed by atoms with Gasteiger partial charge < -0.3 is 4.40 Å². The predicted molar refractivity (Wildman–Crippen MR) is 87.8 cm³/mol. The van der Waals surface area contributed by atoms with Gasteiger partial charge in [0.2, 0.25) is 0 Å². The second-order valence-electron chi connectivity index (χ2n) is 5.80. The zero-order valence-corrected chi connectivity index (χ0v) is 13.5. The third-order valence-corrected chi connectivity index (χ3v) is 4.06. The van der Waals surface area contributed by atoms with Gasteiger partial charge in [-0.1, -0.05) is 24.3 Å². The predicted octanol–water partition coefficient (Wildman–Crippen LogP) is 5.03. The molecule has 0 saturated heterocycles. The lowest BCUT2D eigenvalue weighted by Crippen LogP contribution is -2.06. The topological polar surface area (TPSA) is 38.5 Å². The van der Waals surface area contributed by atoms with Gasteiger partial charge in [0.15, 0.2) is 11.6 Å². The monoisotopic (exact) mass is 345 g/mol. The Morgan fingerprint density at radius 3 is 2.08 bits per heavy atom. The summed E-state index contributed by atoms with van der Waals surface area (Å²) in [7, 11) is 0. The van der Waals surface area contributed by atoms with Gasteiger partial charge in [-0.3, -0.25) is 9.59 Å². The number of halogens is 3. The molecule has 0 unspecified atom stereocenters. The van der Waals surface area contributed by atoms with Gasteiger partial charge in [-0.05, 0) is 30.7 Å². The fourth-order valence-corrected chi connectivity index (χ4v) is 2.76. The van der Waals surface area contributed by atoms with E-state index in [2.05, 4.69) is 0 Å². The maximum Gasteiger partial charge on any atom is 0.416 e. The summed E-state index contributed by atoms with van der Waals surface area (Å²) < 4.78 is 40.6. The van der Waals surface area contributed by atoms with Crippen molar-refractivity contribution in [1.82, 2.24) is 4.40 Å². The van der Waals surface area contributed by atoms with Crippen molar-refractivity contribution < 1.29 is 22.8 Å². The standard InChI is InChI=1S/C19H14F3NO2/c1-11(24)13-3-5-14(6-4-13)16-10-17(12(2)25)23-8-7-15(9-18(16)23)19(20,21)22/h3-10H,1-2H3. The maximum absolute atomic E-state index is 13.0. The van der Waals surface area contributed by atoms with E-state index in [9.17, 15) is 22.8 Å². The Labute approximate surface area is 141 Å². The average molecular weight is 345 g/mol. The van der Waals surface area contributed by atoms with Gasteiger partial charge in [0.1, 0.15) is 0 Å². The van der Waals surface area contributed by atoms with E-state index in [1.165, 1.54) is 24.4 Å². The van der Waals surface area contributed by atoms with Crippen LogP contribution >= 0.6 is 0 Å². The molecule has 3 aromatic rings. The van der Waals surface area contributed by atoms with Crippen molar-refractivity contribution in [2.75, 3.05) is 0 Å². The number of nitrogens with zero attached hydrogens (tertiary/aromatic N) is 1. The molecule has 0 spiro atoms. The van der Waals surface area contributed by atoms with Crippen LogP contribution in [0.4, 0.5) is 13.2 Å². The lowest BCUT2D eigenvalue weighted by molar-refractivity contribution is -0.137. The van der Waals surface area contributed by atoms with E-state index < -0.39 is 11.7 Å². The number of ketones is 2. The van der Waals surface area contributed by atoms with E-state index >= 15 is 0 Å². The lowest BCUT2D eigenvalue weighted by Gasteiger charge is -2.09. The normalized spacial score (nSPS) is 11.7. The molecule has 0 atom stereocenters. The number of pyridine rings is 1. The van der Waals surface area contributed by atoms with Crippen LogP contribution in [0.1, 0.15) is 40.3 Å². The van der Waals surface area contributed by atoms with Gasteiger partial charge in [0.05, 0.1) is 16.8 Å². The zero-order valence-electron chi connectivity index (χ0n) is 13.5. The third-order valence-electron chi connectivity index (χ3n) is 4.06. The Bertz CT molecular complexity index is 982. The molecular formula is C19H14F3NO2. The summed E-state index contributed by atoms with van der Waals surface area (Å²) >= 11 is 0. The highest BCUT2D eigenvalue weighted by Crippen LogP contribution is 2.34. The molecule has 0 N–H and O–H groups in total. The summed E-state index contributed by atoms with van der Waals surface area (Å²) in [6.07, 6.45) is -3.22. The first-order chi connectivity index (χ1) is 11.7. The fraction of sp³-hybridized carbons (Fsp3) is 0.158. The number of carbonyl (C=O) groups is 2. The van der Waals surface area contributed by atoms with Crippen LogP contribution in [-0.4, -0.2) is 16.0 Å². The van der Waals surface area contributed by atoms with Crippen molar-refractivity contribution in [1.29, 1.82) is 0 Å². The molecule has 2 aromatic heterocycles. The number of aromatic nitrogens is 1. The van der Waals surface area contributed by atoms with Gasteiger partial charge in [0.25, 0.3) is 0 Å². The Balaban J connectivity index is 2.25. The molecular weight excluding hydrogens is 331 g/mol. The molecule has 25 heavy (non-hydrogen) atoms. The van der Waals surface area contributed by atoms with E-state index in [1.807, 2.05) is 0 Å². The van der Waals surface area contributed by atoms with Gasteiger partial charge in [-0.25, -0.2) is 0 Å². The Hall–Kier alpha value is -2.89. The largest absolute Gasteiger partial charge is 0.416 e. The van der Waals surface area contributed by atoms with Crippen molar-refractivity contribution in [2.24, 2.45) is 0 Å². The Morgan fingerprint density at radius 2 is 1.56 bits per heavy atom. The number of alkyl halides is 3. The van der Waals surface area contributed by atoms with E-state index in [0.29, 0.717) is 22.4 Å². The first-order valence-corrected chi connectivity index (χ1v) is 7.53. The van der Waals surface area contributed by atoms with Crippen molar-refractivity contribution in [3.8, 4) is 11.1 Å². The maximum atomic E-state index is 13.0. The summed E-state index contributed by atoms with van der Waals surface area (Å²) in [4.78, 5) is 23.2. The minimum absolute atomic E-state index is 0.0999. The van der Waals surface area contributed by atoms with Gasteiger partial charge in [-0.2, -0.15) is 13.2 Å². The van der Waals surface area contributed by atoms with Gasteiger partial charge in [0, 0.05) is 24.2 Å². The summed E-state index contributed by atoms with van der Waals surface area (Å²) in [6, 6.07) is 10.1. The third kappa shape index (κ3) is 3.07. The highest BCUT2D eigenvalue weighted by atomic mass is 19.4. The van der Waals surface area contributed by atoms with Crippen LogP contribution in [0.15, 0.2) is 48.7 Å². The van der Waals surface area contributed by atoms with Crippen LogP contribution in [0, 0.1) is 0 Å². The molecule has 0 aliphatic heterocycles. The number of rotatable bonds is 3. The van der Waals surface area contributed by atoms with Crippen LogP contribution in [0.25, 0.3) is 16.6 Å². The van der Waals surface area contributed by atoms with Crippen molar-refractivity contribution in [2.45, 2.75) is 20.0 Å². The molecule has 3 rings (SSSR count). The highest BCUT2D eigenvalue weighted by Gasteiger charge is 2.31. The zero-order chi connectivity index (χ0) is 18.4. The summed E-state index contributed by atoms with van der Waals surface area (Å²) in [5.74, 6) is -0.349. The second-order valence-corrected chi connectivity index (χ2v) is 5.80. The summed E-state index contributed by atoms with van der Waals surface area (Å²) in [5.41, 5.74) is 1.45. The first-order valence-electron chi connectivity index (χ1n) is 7.53. The number of hydrogen-bond donors (Lipinski definition) is 0. The summed E-state index contributed by atoms with van der Waals surface area (Å²) in [5, 5.41) is 0. The highest BCUT2D eigenvalue weighted by molar-refractivity contribution is 5.99. The Kier molecular flexibility index (Phi) is 3.99. The van der Waals surface area contributed by atoms with Gasteiger partial charge in [-0.15, -0.1) is 0 Å². The molecule has 0 radical (unpaired) electrons. The lowest BCUT2D eigenvalue weighted by atomic mass is 10.0. The molecule has 1 aromatic carbocycles. The first kappa shape index (κ1) is 17.0. The molecule has 0 saturated carbocycles. The van der Waals surface area contributed by atoms with E-state index in [4.69, 9.17) is 0 Å². The molecule has 0 amide bonds. The van der Waals surface area contributed by atoms with E-state index in [-0.39, 0.29) is 17.1 Å². The molecule has 0 aliphatic carbocycles. The number of benzene rings is 1. The molecule has 6 heteroatoms. The minimum atomic E-state index is -4.47. The molecule has 0 aliphatic rings. The van der Waals surface area contributed by atoms with Crippen LogP contribution < -0.4 is 0 Å². The molecule has 2 heterocycles.